The van der Waals surface area contributed by atoms with E-state index in [-0.39, 0.29) is 12.1 Å². The van der Waals surface area contributed by atoms with Crippen LogP contribution in [0.3, 0.4) is 0 Å². The molecule has 0 N–H and O–H groups in total. The summed E-state index contributed by atoms with van der Waals surface area (Å²) < 4.78 is 21.1. The molecule has 1 fully saturated rings. The highest BCUT2D eigenvalue weighted by Crippen LogP contribution is 2.22. The van der Waals surface area contributed by atoms with Crippen LogP contribution in [0.5, 0.6) is 11.5 Å². The van der Waals surface area contributed by atoms with E-state index in [1.165, 1.54) is 6.08 Å². The van der Waals surface area contributed by atoms with Crippen LogP contribution < -0.4 is 9.47 Å². The monoisotopic (exact) mass is 450 g/mol. The quantitative estimate of drug-likeness (QED) is 0.228. The molecule has 0 radical (unpaired) electrons. The van der Waals surface area contributed by atoms with Crippen LogP contribution in [0.15, 0.2) is 66.8 Å². The second-order valence-electron chi connectivity index (χ2n) is 7.39. The fourth-order valence-electron chi connectivity index (χ4n) is 3.15. The van der Waals surface area contributed by atoms with Gasteiger partial charge in [0.25, 0.3) is 0 Å². The number of benzene rings is 2. The highest BCUT2D eigenvalue weighted by atomic mass is 16.6. The minimum atomic E-state index is -0.486. The first-order valence-electron chi connectivity index (χ1n) is 10.7. The first-order valence-corrected chi connectivity index (χ1v) is 10.7. The van der Waals surface area contributed by atoms with Crippen molar-refractivity contribution in [2.75, 3.05) is 13.2 Å². The van der Waals surface area contributed by atoms with Crippen molar-refractivity contribution in [2.45, 2.75) is 32.3 Å². The molecule has 1 aliphatic rings. The Hall–Kier alpha value is -3.87. The molecular weight excluding hydrogens is 424 g/mol. The van der Waals surface area contributed by atoms with E-state index >= 15 is 0 Å². The van der Waals surface area contributed by atoms with Gasteiger partial charge in [-0.05, 0) is 67.8 Å². The zero-order chi connectivity index (χ0) is 23.6. The summed E-state index contributed by atoms with van der Waals surface area (Å²) in [7, 11) is 0. The molecule has 2 aromatic carbocycles. The van der Waals surface area contributed by atoms with Crippen molar-refractivity contribution in [3.8, 4) is 11.5 Å². The van der Waals surface area contributed by atoms with Gasteiger partial charge < -0.3 is 18.9 Å². The van der Waals surface area contributed by atoms with Gasteiger partial charge in [0.2, 0.25) is 0 Å². The largest absolute Gasteiger partial charge is 0.494 e. The summed E-state index contributed by atoms with van der Waals surface area (Å²) in [5.41, 5.74) is 1.69. The number of esters is 3. The van der Waals surface area contributed by atoms with Crippen LogP contribution in [0.2, 0.25) is 0 Å². The number of cyclic esters (lactones) is 1. The molecule has 1 heterocycles. The van der Waals surface area contributed by atoms with Crippen molar-refractivity contribution in [1.29, 1.82) is 0 Å². The molecule has 0 aromatic heterocycles. The predicted molar refractivity (Wildman–Crippen MR) is 122 cm³/mol. The Balaban J connectivity index is 1.42. The number of carbonyl (C=O) groups excluding carboxylic acids is 3. The second kappa shape index (κ2) is 11.7. The van der Waals surface area contributed by atoms with E-state index in [4.69, 9.17) is 18.9 Å². The Morgan fingerprint density at radius 3 is 2.42 bits per heavy atom. The maximum atomic E-state index is 12.4. The molecule has 0 spiro atoms. The highest BCUT2D eigenvalue weighted by molar-refractivity contribution is 5.91. The third-order valence-electron chi connectivity index (χ3n) is 4.85. The lowest BCUT2D eigenvalue weighted by Crippen LogP contribution is -2.09. The van der Waals surface area contributed by atoms with Crippen molar-refractivity contribution in [1.82, 2.24) is 0 Å². The third-order valence-corrected chi connectivity index (χ3v) is 4.85. The molecule has 7 heteroatoms. The van der Waals surface area contributed by atoms with Gasteiger partial charge in [-0.15, -0.1) is 0 Å². The summed E-state index contributed by atoms with van der Waals surface area (Å²) in [5.74, 6) is -0.183. The smallest absolute Gasteiger partial charge is 0.343 e. The lowest BCUT2D eigenvalue weighted by molar-refractivity contribution is -0.139. The number of hydrogen-bond donors (Lipinski definition) is 0. The lowest BCUT2D eigenvalue weighted by Gasteiger charge is -2.10. The Kier molecular flexibility index (Phi) is 8.41. The summed E-state index contributed by atoms with van der Waals surface area (Å²) in [6.07, 6.45) is 4.87. The van der Waals surface area contributed by atoms with Gasteiger partial charge in [-0.25, -0.2) is 14.4 Å². The predicted octanol–water partition coefficient (Wildman–Crippen LogP) is 4.51. The molecule has 0 bridgehead atoms. The molecule has 0 saturated carbocycles. The van der Waals surface area contributed by atoms with Crippen molar-refractivity contribution in [3.63, 3.8) is 0 Å². The zero-order valence-corrected chi connectivity index (χ0v) is 18.5. The highest BCUT2D eigenvalue weighted by Gasteiger charge is 2.26. The number of ether oxygens (including phenoxy) is 4. The summed E-state index contributed by atoms with van der Waals surface area (Å²) in [6, 6.07) is 13.5. The lowest BCUT2D eigenvalue weighted by atomic mass is 10.1. The van der Waals surface area contributed by atoms with E-state index in [1.807, 2.05) is 0 Å². The van der Waals surface area contributed by atoms with Crippen LogP contribution in [0.4, 0.5) is 0 Å². The molecular formula is C26H26O7. The SMILES string of the molecule is C=C1CC(CCCOc2ccc(C(=O)Oc3ccc(/C=C/C(=O)OCC)cc3)cc2)OC1=O. The van der Waals surface area contributed by atoms with Crippen molar-refractivity contribution in [3.05, 3.63) is 77.9 Å². The molecule has 0 amide bonds. The Labute approximate surface area is 192 Å². The maximum absolute atomic E-state index is 12.4. The molecule has 1 aliphatic heterocycles. The van der Waals surface area contributed by atoms with Gasteiger partial charge in [0, 0.05) is 18.1 Å². The molecule has 0 aliphatic carbocycles. The van der Waals surface area contributed by atoms with Gasteiger partial charge >= 0.3 is 17.9 Å². The fraction of sp³-hybridized carbons (Fsp3) is 0.269. The number of rotatable bonds is 10. The van der Waals surface area contributed by atoms with Crippen LogP contribution in [0, 0.1) is 0 Å². The van der Waals surface area contributed by atoms with Gasteiger partial charge in [-0.1, -0.05) is 18.7 Å². The van der Waals surface area contributed by atoms with Crippen LogP contribution in [-0.2, 0) is 19.1 Å². The second-order valence-corrected chi connectivity index (χ2v) is 7.39. The minimum Gasteiger partial charge on any atom is -0.494 e. The van der Waals surface area contributed by atoms with E-state index < -0.39 is 11.9 Å². The van der Waals surface area contributed by atoms with Crippen LogP contribution in [-0.4, -0.2) is 37.2 Å². The topological polar surface area (TPSA) is 88.1 Å². The molecule has 1 saturated heterocycles. The maximum Gasteiger partial charge on any atom is 0.343 e. The van der Waals surface area contributed by atoms with Crippen molar-refractivity contribution < 1.29 is 33.3 Å². The van der Waals surface area contributed by atoms with Crippen molar-refractivity contribution in [2.24, 2.45) is 0 Å². The third kappa shape index (κ3) is 7.35. The average Bonchev–Trinajstić information content (AvgIpc) is 3.14. The van der Waals surface area contributed by atoms with Gasteiger partial charge in [-0.3, -0.25) is 0 Å². The first-order chi connectivity index (χ1) is 15.9. The van der Waals surface area contributed by atoms with Gasteiger partial charge in [-0.2, -0.15) is 0 Å². The molecule has 172 valence electrons. The van der Waals surface area contributed by atoms with Crippen LogP contribution in [0.1, 0.15) is 42.1 Å². The van der Waals surface area contributed by atoms with E-state index in [1.54, 1.807) is 61.5 Å². The molecule has 1 atom stereocenters. The number of hydrogen-bond acceptors (Lipinski definition) is 7. The summed E-state index contributed by atoms with van der Waals surface area (Å²) >= 11 is 0. The van der Waals surface area contributed by atoms with Gasteiger partial charge in [0.05, 0.1) is 18.8 Å². The van der Waals surface area contributed by atoms with Gasteiger partial charge in [0.1, 0.15) is 17.6 Å². The summed E-state index contributed by atoms with van der Waals surface area (Å²) in [4.78, 5) is 35.0. The first kappa shape index (κ1) is 23.8. The minimum absolute atomic E-state index is 0.117. The molecule has 1 unspecified atom stereocenters. The molecule has 2 aromatic rings. The molecule has 33 heavy (non-hydrogen) atoms. The zero-order valence-electron chi connectivity index (χ0n) is 18.5. The van der Waals surface area contributed by atoms with Gasteiger partial charge in [0.15, 0.2) is 0 Å². The summed E-state index contributed by atoms with van der Waals surface area (Å²) in [6.45, 7) is 6.21. The van der Waals surface area contributed by atoms with E-state index in [9.17, 15) is 14.4 Å². The average molecular weight is 450 g/mol. The van der Waals surface area contributed by atoms with Crippen molar-refractivity contribution >= 4 is 24.0 Å². The Morgan fingerprint density at radius 1 is 1.09 bits per heavy atom. The Bertz CT molecular complexity index is 1000. The number of carbonyl (C=O) groups is 3. The van der Waals surface area contributed by atoms with E-state index in [2.05, 4.69) is 6.58 Å². The van der Waals surface area contributed by atoms with E-state index in [0.717, 1.165) is 12.0 Å². The standard InChI is InChI=1S/C26H26O7/c1-3-30-24(27)15-8-19-6-11-22(12-7-19)32-26(29)20-9-13-21(14-10-20)31-16-4-5-23-17-18(2)25(28)33-23/h6-15,23H,2-5,16-17H2,1H3/b15-8+. The normalized spacial score (nSPS) is 15.4. The van der Waals surface area contributed by atoms with Crippen LogP contribution >= 0.6 is 0 Å². The molecule has 3 rings (SSSR count). The Morgan fingerprint density at radius 2 is 1.79 bits per heavy atom. The van der Waals surface area contributed by atoms with E-state index in [0.29, 0.717) is 48.7 Å². The van der Waals surface area contributed by atoms with Crippen LogP contribution in [0.25, 0.3) is 6.08 Å². The fourth-order valence-corrected chi connectivity index (χ4v) is 3.15. The molecule has 7 nitrogen and oxygen atoms in total. The summed E-state index contributed by atoms with van der Waals surface area (Å²) in [5, 5.41) is 0.